The van der Waals surface area contributed by atoms with E-state index in [-0.39, 0.29) is 5.91 Å². The van der Waals surface area contributed by atoms with Crippen molar-refractivity contribution in [1.29, 1.82) is 0 Å². The Morgan fingerprint density at radius 2 is 2.23 bits per heavy atom. The molecule has 4 nitrogen and oxygen atoms in total. The van der Waals surface area contributed by atoms with Crippen LogP contribution in [-0.2, 0) is 9.63 Å². The van der Waals surface area contributed by atoms with Gasteiger partial charge >= 0.3 is 0 Å². The number of nitrogens with one attached hydrogen (secondary N) is 1. The molecule has 1 unspecified atom stereocenters. The molecule has 0 aliphatic heterocycles. The van der Waals surface area contributed by atoms with Crippen LogP contribution < -0.4 is 11.2 Å². The van der Waals surface area contributed by atoms with Crippen LogP contribution in [0.25, 0.3) is 0 Å². The van der Waals surface area contributed by atoms with E-state index in [4.69, 9.17) is 5.73 Å². The maximum atomic E-state index is 11.0. The summed E-state index contributed by atoms with van der Waals surface area (Å²) in [5.41, 5.74) is 7.74. The highest BCUT2D eigenvalue weighted by Crippen LogP contribution is 2.13. The molecule has 0 rings (SSSR count). The second kappa shape index (κ2) is 8.01. The Kier molecular flexibility index (Phi) is 7.63. The molecule has 0 heterocycles. The van der Waals surface area contributed by atoms with Gasteiger partial charge in [0.2, 0.25) is 5.91 Å². The predicted molar refractivity (Wildman–Crippen MR) is 51.8 cm³/mol. The van der Waals surface area contributed by atoms with Gasteiger partial charge in [0.05, 0.1) is 7.11 Å². The van der Waals surface area contributed by atoms with Crippen molar-refractivity contribution in [3.63, 3.8) is 0 Å². The Labute approximate surface area is 79.8 Å². The van der Waals surface area contributed by atoms with E-state index in [1.807, 2.05) is 0 Å². The minimum Gasteiger partial charge on any atom is -0.330 e. The van der Waals surface area contributed by atoms with Crippen LogP contribution in [-0.4, -0.2) is 19.6 Å². The van der Waals surface area contributed by atoms with E-state index < -0.39 is 0 Å². The Hall–Kier alpha value is -0.610. The fraction of sp³-hybridized carbons (Fsp3) is 0.889. The summed E-state index contributed by atoms with van der Waals surface area (Å²) < 4.78 is 0. The summed E-state index contributed by atoms with van der Waals surface area (Å²) in [6, 6.07) is 0. The second-order valence-electron chi connectivity index (χ2n) is 3.12. The van der Waals surface area contributed by atoms with E-state index in [0.29, 0.717) is 18.9 Å². The SMILES string of the molecule is CCC(CCN)CCC(=O)NOC. The monoisotopic (exact) mass is 188 g/mol. The van der Waals surface area contributed by atoms with Crippen molar-refractivity contribution >= 4 is 5.91 Å². The normalized spacial score (nSPS) is 12.5. The van der Waals surface area contributed by atoms with Gasteiger partial charge in [-0.1, -0.05) is 13.3 Å². The minimum atomic E-state index is -0.0574. The van der Waals surface area contributed by atoms with Crippen molar-refractivity contribution in [2.24, 2.45) is 11.7 Å². The third kappa shape index (κ3) is 6.54. The molecular weight excluding hydrogens is 168 g/mol. The summed E-state index contributed by atoms with van der Waals surface area (Å²) in [4.78, 5) is 15.5. The van der Waals surface area contributed by atoms with Crippen molar-refractivity contribution in [1.82, 2.24) is 5.48 Å². The van der Waals surface area contributed by atoms with Gasteiger partial charge in [0, 0.05) is 6.42 Å². The third-order valence-corrected chi connectivity index (χ3v) is 2.15. The maximum Gasteiger partial charge on any atom is 0.243 e. The molecule has 0 saturated carbocycles. The molecule has 0 fully saturated rings. The number of carbonyl (C=O) groups is 1. The molecule has 0 aromatic heterocycles. The van der Waals surface area contributed by atoms with Crippen molar-refractivity contribution in [2.45, 2.75) is 32.6 Å². The van der Waals surface area contributed by atoms with Crippen LogP contribution in [0.5, 0.6) is 0 Å². The average molecular weight is 188 g/mol. The lowest BCUT2D eigenvalue weighted by Gasteiger charge is -2.12. The molecule has 3 N–H and O–H groups in total. The van der Waals surface area contributed by atoms with Gasteiger partial charge in [-0.2, -0.15) is 0 Å². The summed E-state index contributed by atoms with van der Waals surface area (Å²) in [7, 11) is 1.44. The van der Waals surface area contributed by atoms with Gasteiger partial charge in [0.25, 0.3) is 0 Å². The lowest BCUT2D eigenvalue weighted by molar-refractivity contribution is -0.131. The molecule has 0 aromatic rings. The van der Waals surface area contributed by atoms with Crippen LogP contribution >= 0.6 is 0 Å². The summed E-state index contributed by atoms with van der Waals surface area (Å²) >= 11 is 0. The van der Waals surface area contributed by atoms with Crippen molar-refractivity contribution in [3.05, 3.63) is 0 Å². The first-order chi connectivity index (χ1) is 6.24. The number of carbonyl (C=O) groups excluding carboxylic acids is 1. The molecule has 0 saturated heterocycles. The molecule has 0 aliphatic carbocycles. The van der Waals surface area contributed by atoms with Gasteiger partial charge in [-0.3, -0.25) is 9.63 Å². The van der Waals surface area contributed by atoms with Gasteiger partial charge in [-0.25, -0.2) is 5.48 Å². The molecule has 13 heavy (non-hydrogen) atoms. The topological polar surface area (TPSA) is 64.4 Å². The Morgan fingerprint density at radius 3 is 2.69 bits per heavy atom. The second-order valence-corrected chi connectivity index (χ2v) is 3.12. The van der Waals surface area contributed by atoms with Crippen molar-refractivity contribution in [3.8, 4) is 0 Å². The predicted octanol–water partition coefficient (Wildman–Crippen LogP) is 0.819. The van der Waals surface area contributed by atoms with Crippen molar-refractivity contribution < 1.29 is 9.63 Å². The maximum absolute atomic E-state index is 11.0. The van der Waals surface area contributed by atoms with Gasteiger partial charge < -0.3 is 5.73 Å². The van der Waals surface area contributed by atoms with Gasteiger partial charge in [0.1, 0.15) is 0 Å². The lowest BCUT2D eigenvalue weighted by Crippen LogP contribution is -2.22. The van der Waals surface area contributed by atoms with Gasteiger partial charge in [0.15, 0.2) is 0 Å². The van der Waals surface area contributed by atoms with E-state index in [1.54, 1.807) is 0 Å². The summed E-state index contributed by atoms with van der Waals surface area (Å²) in [6.45, 7) is 2.82. The lowest BCUT2D eigenvalue weighted by atomic mass is 9.97. The molecule has 78 valence electrons. The van der Waals surface area contributed by atoms with E-state index in [0.717, 1.165) is 19.3 Å². The molecule has 4 heteroatoms. The molecule has 0 bridgehead atoms. The Balaban J connectivity index is 3.52. The molecular formula is C9H20N2O2. The number of nitrogens with two attached hydrogens (primary N) is 1. The number of hydrogen-bond donors (Lipinski definition) is 2. The highest BCUT2D eigenvalue weighted by molar-refractivity contribution is 5.74. The summed E-state index contributed by atoms with van der Waals surface area (Å²) in [5, 5.41) is 0. The zero-order chi connectivity index (χ0) is 10.1. The summed E-state index contributed by atoms with van der Waals surface area (Å²) in [5.74, 6) is 0.505. The van der Waals surface area contributed by atoms with Crippen LogP contribution in [0.2, 0.25) is 0 Å². The number of hydrogen-bond acceptors (Lipinski definition) is 3. The van der Waals surface area contributed by atoms with E-state index >= 15 is 0 Å². The van der Waals surface area contributed by atoms with Crippen LogP contribution in [0.4, 0.5) is 0 Å². The first-order valence-corrected chi connectivity index (χ1v) is 4.76. The first-order valence-electron chi connectivity index (χ1n) is 4.76. The highest BCUT2D eigenvalue weighted by atomic mass is 16.6. The van der Waals surface area contributed by atoms with E-state index in [2.05, 4.69) is 17.2 Å². The van der Waals surface area contributed by atoms with Gasteiger partial charge in [-0.15, -0.1) is 0 Å². The smallest absolute Gasteiger partial charge is 0.243 e. The quantitative estimate of drug-likeness (QED) is 0.581. The number of rotatable bonds is 7. The summed E-state index contributed by atoms with van der Waals surface area (Å²) in [6.07, 6.45) is 3.49. The Morgan fingerprint density at radius 1 is 1.54 bits per heavy atom. The van der Waals surface area contributed by atoms with Crippen LogP contribution in [0.1, 0.15) is 32.6 Å². The van der Waals surface area contributed by atoms with Crippen LogP contribution in [0.3, 0.4) is 0 Å². The molecule has 1 amide bonds. The number of amides is 1. The van der Waals surface area contributed by atoms with Crippen LogP contribution in [0.15, 0.2) is 0 Å². The van der Waals surface area contributed by atoms with E-state index in [1.165, 1.54) is 7.11 Å². The fourth-order valence-corrected chi connectivity index (χ4v) is 1.29. The van der Waals surface area contributed by atoms with Crippen LogP contribution in [0, 0.1) is 5.92 Å². The molecule has 0 spiro atoms. The highest BCUT2D eigenvalue weighted by Gasteiger charge is 2.08. The first kappa shape index (κ1) is 12.4. The third-order valence-electron chi connectivity index (χ3n) is 2.15. The molecule has 0 radical (unpaired) electrons. The van der Waals surface area contributed by atoms with E-state index in [9.17, 15) is 4.79 Å². The Bertz CT molecular complexity index is 140. The largest absolute Gasteiger partial charge is 0.330 e. The molecule has 0 aromatic carbocycles. The zero-order valence-electron chi connectivity index (χ0n) is 8.51. The zero-order valence-corrected chi connectivity index (χ0v) is 8.51. The van der Waals surface area contributed by atoms with Gasteiger partial charge in [-0.05, 0) is 25.3 Å². The average Bonchev–Trinajstić information content (AvgIpc) is 2.12. The standard InChI is InChI=1S/C9H20N2O2/c1-3-8(6-7-10)4-5-9(12)11-13-2/h8H,3-7,10H2,1-2H3,(H,11,12). The van der Waals surface area contributed by atoms with Crippen molar-refractivity contribution in [2.75, 3.05) is 13.7 Å². The minimum absolute atomic E-state index is 0.0574. The number of hydroxylamine groups is 1. The molecule has 1 atom stereocenters. The molecule has 0 aliphatic rings. The fourth-order valence-electron chi connectivity index (χ4n) is 1.29.